The number of carbonyl (C=O) groups is 3. The normalized spacial score (nSPS) is 17.9. The molecule has 0 bridgehead atoms. The summed E-state index contributed by atoms with van der Waals surface area (Å²) in [5.41, 5.74) is -0.925. The molecule has 146 valence electrons. The maximum absolute atomic E-state index is 10.8. The highest BCUT2D eigenvalue weighted by molar-refractivity contribution is 6.32. The van der Waals surface area contributed by atoms with E-state index in [1.165, 1.54) is 48.3 Å². The Bertz CT molecular complexity index is 981. The van der Waals surface area contributed by atoms with Crippen molar-refractivity contribution in [3.8, 4) is 5.82 Å². The monoisotopic (exact) mass is 405 g/mol. The molecule has 0 fully saturated rings. The van der Waals surface area contributed by atoms with E-state index in [9.17, 15) is 14.4 Å². The molecule has 3 N–H and O–H groups in total. The molecule has 1 unspecified atom stereocenters. The summed E-state index contributed by atoms with van der Waals surface area (Å²) in [6, 6.07) is 4.67. The first-order valence-electron chi connectivity index (χ1n) is 7.89. The number of carboxylic acids is 3. The first-order valence-corrected chi connectivity index (χ1v) is 8.27. The topological polar surface area (TPSA) is 143 Å². The Morgan fingerprint density at radius 1 is 1.14 bits per heavy atom. The van der Waals surface area contributed by atoms with E-state index in [1.54, 1.807) is 12.1 Å². The van der Waals surface area contributed by atoms with Crippen LogP contribution >= 0.6 is 11.6 Å². The van der Waals surface area contributed by atoms with Crippen LogP contribution in [0.1, 0.15) is 23.8 Å². The van der Waals surface area contributed by atoms with Crippen molar-refractivity contribution in [1.29, 1.82) is 0 Å². The molecule has 3 rings (SSSR count). The van der Waals surface area contributed by atoms with Gasteiger partial charge in [0.2, 0.25) is 0 Å². The summed E-state index contributed by atoms with van der Waals surface area (Å²) < 4.78 is 1.19. The fourth-order valence-electron chi connectivity index (χ4n) is 2.35. The predicted octanol–water partition coefficient (Wildman–Crippen LogP) is 2.67. The smallest absolute Gasteiger partial charge is 0.354 e. The van der Waals surface area contributed by atoms with Crippen LogP contribution in [0.25, 0.3) is 5.82 Å². The van der Waals surface area contributed by atoms with Gasteiger partial charge in [-0.15, -0.1) is 0 Å². The molecule has 0 saturated carbocycles. The molecule has 28 heavy (non-hydrogen) atoms. The van der Waals surface area contributed by atoms with E-state index in [4.69, 9.17) is 26.9 Å². The molecule has 2 heterocycles. The number of rotatable bonds is 4. The number of aliphatic carboxylic acids is 2. The third kappa shape index (κ3) is 4.63. The number of nitrogens with zero attached hydrogens (tertiary/aromatic N) is 3. The van der Waals surface area contributed by atoms with Crippen LogP contribution in [0.5, 0.6) is 0 Å². The van der Waals surface area contributed by atoms with Gasteiger partial charge < -0.3 is 15.3 Å². The third-order valence-electron chi connectivity index (χ3n) is 3.88. The van der Waals surface area contributed by atoms with E-state index in [1.807, 2.05) is 0 Å². The molecule has 1 aliphatic carbocycles. The summed E-state index contributed by atoms with van der Waals surface area (Å²) in [5.74, 6) is -2.83. The fraction of sp³-hybridized carbons (Fsp3) is 0.167. The van der Waals surface area contributed by atoms with Crippen molar-refractivity contribution in [3.05, 3.63) is 65.1 Å². The fourth-order valence-corrected chi connectivity index (χ4v) is 2.55. The highest BCUT2D eigenvalue weighted by Crippen LogP contribution is 2.31. The number of hydrogen-bond acceptors (Lipinski definition) is 5. The second-order valence-corrected chi connectivity index (χ2v) is 6.41. The second kappa shape index (κ2) is 8.49. The first-order chi connectivity index (χ1) is 13.2. The predicted molar refractivity (Wildman–Crippen MR) is 98.5 cm³/mol. The van der Waals surface area contributed by atoms with Crippen LogP contribution < -0.4 is 0 Å². The van der Waals surface area contributed by atoms with Crippen LogP contribution in [0.2, 0.25) is 5.02 Å². The van der Waals surface area contributed by atoms with Crippen LogP contribution in [0, 0.1) is 5.41 Å². The quantitative estimate of drug-likeness (QED) is 0.704. The summed E-state index contributed by atoms with van der Waals surface area (Å²) in [6.07, 6.45) is 7.34. The van der Waals surface area contributed by atoms with Crippen molar-refractivity contribution in [2.24, 2.45) is 5.41 Å². The number of aromatic carboxylic acids is 1. The number of halogens is 1. The van der Waals surface area contributed by atoms with E-state index < -0.39 is 23.3 Å². The van der Waals surface area contributed by atoms with Gasteiger partial charge >= 0.3 is 17.9 Å². The minimum Gasteiger partial charge on any atom is -0.481 e. The third-order valence-corrected chi connectivity index (χ3v) is 4.18. The molecule has 0 radical (unpaired) electrons. The number of carboxylic acid groups (broad SMARTS) is 3. The standard InChI is InChI=1S/C9H6ClN3O2.C9H10O4/c10-6-2-1-4-11-8(6)13-7(9(14)15)3-5-12-13;1-9(8(12)13)4-2-3-6(5-9)7(10)11/h1-5H,(H,14,15);2-4H,5H2,1H3,(H,10,11)(H,12,13). The summed E-state index contributed by atoms with van der Waals surface area (Å²) >= 11 is 5.88. The summed E-state index contributed by atoms with van der Waals surface area (Å²) in [6.45, 7) is 1.50. The van der Waals surface area contributed by atoms with Gasteiger partial charge in [-0.1, -0.05) is 29.8 Å². The molecule has 9 nitrogen and oxygen atoms in total. The Morgan fingerprint density at radius 3 is 2.43 bits per heavy atom. The number of allylic oxidation sites excluding steroid dienone is 2. The molecule has 0 aromatic carbocycles. The lowest BCUT2D eigenvalue weighted by Gasteiger charge is -2.23. The zero-order valence-corrected chi connectivity index (χ0v) is 15.4. The van der Waals surface area contributed by atoms with Gasteiger partial charge in [-0.3, -0.25) is 4.79 Å². The van der Waals surface area contributed by atoms with Crippen molar-refractivity contribution in [3.63, 3.8) is 0 Å². The molecule has 0 saturated heterocycles. The molecule has 2 aromatic rings. The molecule has 0 amide bonds. The average molecular weight is 406 g/mol. The average Bonchev–Trinajstić information content (AvgIpc) is 3.12. The molecular weight excluding hydrogens is 390 g/mol. The molecule has 10 heteroatoms. The van der Waals surface area contributed by atoms with Crippen LogP contribution in [-0.4, -0.2) is 48.0 Å². The van der Waals surface area contributed by atoms with E-state index in [2.05, 4.69) is 10.1 Å². The van der Waals surface area contributed by atoms with E-state index in [0.717, 1.165) is 0 Å². The molecule has 0 aliphatic heterocycles. The minimum absolute atomic E-state index is 0.0237. The number of hydrogen-bond donors (Lipinski definition) is 3. The maximum Gasteiger partial charge on any atom is 0.354 e. The van der Waals surface area contributed by atoms with Gasteiger partial charge in [0.05, 0.1) is 16.6 Å². The lowest BCUT2D eigenvalue weighted by molar-refractivity contribution is -0.145. The highest BCUT2D eigenvalue weighted by Gasteiger charge is 2.34. The van der Waals surface area contributed by atoms with Gasteiger partial charge in [0.25, 0.3) is 0 Å². The van der Waals surface area contributed by atoms with Crippen molar-refractivity contribution in [2.75, 3.05) is 0 Å². The van der Waals surface area contributed by atoms with E-state index >= 15 is 0 Å². The molecule has 0 spiro atoms. The lowest BCUT2D eigenvalue weighted by atomic mass is 9.80. The van der Waals surface area contributed by atoms with Crippen molar-refractivity contribution in [2.45, 2.75) is 13.3 Å². The largest absolute Gasteiger partial charge is 0.481 e. The number of pyridine rings is 1. The first kappa shape index (κ1) is 20.8. The Labute approximate surface area is 164 Å². The summed E-state index contributed by atoms with van der Waals surface area (Å²) in [4.78, 5) is 36.1. The van der Waals surface area contributed by atoms with Crippen molar-refractivity contribution < 1.29 is 29.7 Å². The molecule has 1 aliphatic rings. The van der Waals surface area contributed by atoms with Gasteiger partial charge in [0, 0.05) is 11.8 Å². The van der Waals surface area contributed by atoms with Crippen LogP contribution in [0.15, 0.2) is 54.4 Å². The van der Waals surface area contributed by atoms with Gasteiger partial charge in [-0.05, 0) is 31.5 Å². The SMILES string of the molecule is CC1(C(=O)O)C=CC=C(C(=O)O)C1.O=C(O)c1ccnn1-c1ncccc1Cl. The summed E-state index contributed by atoms with van der Waals surface area (Å²) in [7, 11) is 0. The Kier molecular flexibility index (Phi) is 6.32. The van der Waals surface area contributed by atoms with Gasteiger partial charge in [-0.2, -0.15) is 5.10 Å². The zero-order valence-electron chi connectivity index (χ0n) is 14.6. The van der Waals surface area contributed by atoms with Gasteiger partial charge in [0.1, 0.15) is 0 Å². The minimum atomic E-state index is -1.08. The van der Waals surface area contributed by atoms with E-state index in [0.29, 0.717) is 10.8 Å². The summed E-state index contributed by atoms with van der Waals surface area (Å²) in [5, 5.41) is 30.6. The van der Waals surface area contributed by atoms with Gasteiger partial charge in [0.15, 0.2) is 11.5 Å². The number of aromatic nitrogens is 3. The van der Waals surface area contributed by atoms with Crippen molar-refractivity contribution in [1.82, 2.24) is 14.8 Å². The Morgan fingerprint density at radius 2 is 1.86 bits per heavy atom. The van der Waals surface area contributed by atoms with Crippen LogP contribution in [0.3, 0.4) is 0 Å². The van der Waals surface area contributed by atoms with Crippen LogP contribution in [-0.2, 0) is 9.59 Å². The zero-order chi connectivity index (χ0) is 20.9. The molecule has 2 aromatic heterocycles. The van der Waals surface area contributed by atoms with Crippen LogP contribution in [0.4, 0.5) is 0 Å². The van der Waals surface area contributed by atoms with E-state index in [-0.39, 0.29) is 17.7 Å². The van der Waals surface area contributed by atoms with Gasteiger partial charge in [-0.25, -0.2) is 19.3 Å². The highest BCUT2D eigenvalue weighted by atomic mass is 35.5. The maximum atomic E-state index is 10.8. The van der Waals surface area contributed by atoms with Crippen molar-refractivity contribution >= 4 is 29.5 Å². The Balaban J connectivity index is 0.000000203. The molecule has 1 atom stereocenters. The second-order valence-electron chi connectivity index (χ2n) is 6.00. The molecular formula is C18H16ClN3O6. The Hall–Kier alpha value is -3.46. The lowest BCUT2D eigenvalue weighted by Crippen LogP contribution is -2.28.